The minimum atomic E-state index is -3.86. The Morgan fingerprint density at radius 1 is 0.875 bits per heavy atom. The Balaban J connectivity index is 1.40. The number of carbonyl (C=O) groups is 1. The lowest BCUT2D eigenvalue weighted by Gasteiger charge is -2.10. The number of sulfonamides is 1. The predicted molar refractivity (Wildman–Crippen MR) is 124 cm³/mol. The van der Waals surface area contributed by atoms with Crippen molar-refractivity contribution in [2.45, 2.75) is 4.90 Å². The predicted octanol–water partition coefficient (Wildman–Crippen LogP) is 5.17. The van der Waals surface area contributed by atoms with E-state index in [4.69, 9.17) is 32.7 Å². The summed E-state index contributed by atoms with van der Waals surface area (Å²) in [5.74, 6) is 0.914. The number of fused-ring (bicyclic) bond motifs is 1. The number of halogens is 2. The third kappa shape index (κ3) is 5.34. The first-order chi connectivity index (χ1) is 15.3. The van der Waals surface area contributed by atoms with E-state index >= 15 is 0 Å². The van der Waals surface area contributed by atoms with E-state index < -0.39 is 10.0 Å². The molecular weight excluding hydrogens is 475 g/mol. The van der Waals surface area contributed by atoms with Crippen LogP contribution in [0.3, 0.4) is 0 Å². The molecule has 2 N–H and O–H groups in total. The lowest BCUT2D eigenvalue weighted by molar-refractivity contribution is -0.111. The fraction of sp³-hybridized carbons (Fsp3) is 0.0455. The van der Waals surface area contributed by atoms with E-state index in [0.29, 0.717) is 27.2 Å². The van der Waals surface area contributed by atoms with Gasteiger partial charge >= 0.3 is 0 Å². The van der Waals surface area contributed by atoms with Gasteiger partial charge in [0.15, 0.2) is 11.5 Å². The summed E-state index contributed by atoms with van der Waals surface area (Å²) in [6, 6.07) is 15.5. The lowest BCUT2D eigenvalue weighted by Crippen LogP contribution is -2.13. The Kier molecular flexibility index (Phi) is 6.27. The van der Waals surface area contributed by atoms with E-state index in [9.17, 15) is 13.2 Å². The molecule has 1 heterocycles. The lowest BCUT2D eigenvalue weighted by atomic mass is 10.2. The molecular formula is C22H16Cl2N2O5S. The van der Waals surface area contributed by atoms with Crippen molar-refractivity contribution in [1.82, 2.24) is 0 Å². The molecule has 0 atom stereocenters. The molecule has 0 aromatic heterocycles. The molecule has 10 heteroatoms. The molecule has 32 heavy (non-hydrogen) atoms. The van der Waals surface area contributed by atoms with Crippen molar-refractivity contribution in [3.8, 4) is 11.5 Å². The SMILES string of the molecule is O=C(/C=C/c1ccc2c(c1)OCO2)Nc1ccc(S(=O)(=O)Nc2cc(Cl)cc(Cl)c2)cc1. The molecule has 3 aromatic rings. The minimum absolute atomic E-state index is 0.0162. The molecule has 7 nitrogen and oxygen atoms in total. The highest BCUT2D eigenvalue weighted by atomic mass is 35.5. The molecule has 0 radical (unpaired) electrons. The summed E-state index contributed by atoms with van der Waals surface area (Å²) in [5.41, 5.74) is 1.46. The zero-order valence-electron chi connectivity index (χ0n) is 16.3. The van der Waals surface area contributed by atoms with Crippen LogP contribution < -0.4 is 19.5 Å². The van der Waals surface area contributed by atoms with E-state index in [0.717, 1.165) is 5.56 Å². The highest BCUT2D eigenvalue weighted by molar-refractivity contribution is 7.92. The van der Waals surface area contributed by atoms with E-state index in [1.165, 1.54) is 48.5 Å². The van der Waals surface area contributed by atoms with Crippen molar-refractivity contribution in [3.05, 3.63) is 82.3 Å². The monoisotopic (exact) mass is 490 g/mol. The molecule has 1 aliphatic heterocycles. The summed E-state index contributed by atoms with van der Waals surface area (Å²) in [6.07, 6.45) is 3.00. The van der Waals surface area contributed by atoms with Crippen molar-refractivity contribution < 1.29 is 22.7 Å². The number of ether oxygens (including phenoxy) is 2. The second kappa shape index (κ2) is 9.12. The molecule has 0 bridgehead atoms. The summed E-state index contributed by atoms with van der Waals surface area (Å²) in [7, 11) is -3.86. The summed E-state index contributed by atoms with van der Waals surface area (Å²) in [5, 5.41) is 3.29. The van der Waals surface area contributed by atoms with Gasteiger partial charge in [0.2, 0.25) is 12.7 Å². The van der Waals surface area contributed by atoms with E-state index in [1.807, 2.05) is 0 Å². The molecule has 0 spiro atoms. The van der Waals surface area contributed by atoms with E-state index in [1.54, 1.807) is 24.3 Å². The number of rotatable bonds is 6. The van der Waals surface area contributed by atoms with Gasteiger partial charge in [-0.05, 0) is 66.2 Å². The Bertz CT molecular complexity index is 1290. The van der Waals surface area contributed by atoms with Crippen LogP contribution in [0.4, 0.5) is 11.4 Å². The van der Waals surface area contributed by atoms with Crippen LogP contribution in [0.5, 0.6) is 11.5 Å². The van der Waals surface area contributed by atoms with Crippen LogP contribution >= 0.6 is 23.2 Å². The van der Waals surface area contributed by atoms with Crippen molar-refractivity contribution in [1.29, 1.82) is 0 Å². The molecule has 0 saturated heterocycles. The first-order valence-electron chi connectivity index (χ1n) is 9.26. The van der Waals surface area contributed by atoms with Gasteiger partial charge in [-0.15, -0.1) is 0 Å². The largest absolute Gasteiger partial charge is 0.454 e. The van der Waals surface area contributed by atoms with Gasteiger partial charge < -0.3 is 14.8 Å². The molecule has 0 aliphatic carbocycles. The number of nitrogens with one attached hydrogen (secondary N) is 2. The van der Waals surface area contributed by atoms with Gasteiger partial charge in [0, 0.05) is 21.8 Å². The maximum absolute atomic E-state index is 12.6. The fourth-order valence-corrected chi connectivity index (χ4v) is 4.48. The Morgan fingerprint density at radius 3 is 2.28 bits per heavy atom. The summed E-state index contributed by atoms with van der Waals surface area (Å²) in [4.78, 5) is 12.2. The molecule has 1 aliphatic rings. The van der Waals surface area contributed by atoms with Crippen molar-refractivity contribution in [3.63, 3.8) is 0 Å². The molecule has 3 aromatic carbocycles. The first kappa shape index (κ1) is 22.0. The Labute approximate surface area is 194 Å². The number of hydrogen-bond donors (Lipinski definition) is 2. The highest BCUT2D eigenvalue weighted by Gasteiger charge is 2.15. The maximum atomic E-state index is 12.6. The molecule has 0 unspecified atom stereocenters. The molecule has 164 valence electrons. The molecule has 0 saturated carbocycles. The van der Waals surface area contributed by atoms with Gasteiger partial charge in [-0.1, -0.05) is 29.3 Å². The number of amides is 1. The van der Waals surface area contributed by atoms with E-state index in [2.05, 4.69) is 10.0 Å². The summed E-state index contributed by atoms with van der Waals surface area (Å²) < 4.78 is 38.1. The summed E-state index contributed by atoms with van der Waals surface area (Å²) in [6.45, 7) is 0.178. The van der Waals surface area contributed by atoms with Crippen LogP contribution in [0.1, 0.15) is 5.56 Å². The average Bonchev–Trinajstić information content (AvgIpc) is 3.19. The Hall–Kier alpha value is -3.20. The average molecular weight is 491 g/mol. The van der Waals surface area contributed by atoms with Crippen LogP contribution in [-0.2, 0) is 14.8 Å². The van der Waals surface area contributed by atoms with Gasteiger partial charge in [-0.3, -0.25) is 9.52 Å². The van der Waals surface area contributed by atoms with Crippen LogP contribution in [0.25, 0.3) is 6.08 Å². The smallest absolute Gasteiger partial charge is 0.261 e. The third-order valence-corrected chi connectivity index (χ3v) is 6.20. The number of benzene rings is 3. The highest BCUT2D eigenvalue weighted by Crippen LogP contribution is 2.32. The van der Waals surface area contributed by atoms with Crippen LogP contribution in [0.2, 0.25) is 10.0 Å². The Morgan fingerprint density at radius 2 is 1.56 bits per heavy atom. The summed E-state index contributed by atoms with van der Waals surface area (Å²) >= 11 is 11.8. The van der Waals surface area contributed by atoms with Gasteiger partial charge in [0.1, 0.15) is 0 Å². The van der Waals surface area contributed by atoms with Crippen LogP contribution in [-0.4, -0.2) is 21.1 Å². The molecule has 1 amide bonds. The second-order valence-corrected chi connectivity index (χ2v) is 9.28. The third-order valence-electron chi connectivity index (χ3n) is 4.37. The number of anilines is 2. The molecule has 4 rings (SSSR count). The quantitative estimate of drug-likeness (QED) is 0.464. The normalized spacial score (nSPS) is 12.7. The standard InChI is InChI=1S/C22H16Cl2N2O5S/c23-15-10-16(24)12-18(11-15)26-32(28,29)19-5-3-17(4-6-19)25-22(27)8-2-14-1-7-20-21(9-14)31-13-30-20/h1-12,26H,13H2,(H,25,27)/b8-2+. The van der Waals surface area contributed by atoms with Crippen molar-refractivity contribution in [2.75, 3.05) is 16.8 Å². The maximum Gasteiger partial charge on any atom is 0.261 e. The number of hydrogen-bond acceptors (Lipinski definition) is 5. The zero-order chi connectivity index (χ0) is 22.7. The molecule has 0 fully saturated rings. The fourth-order valence-electron chi connectivity index (χ4n) is 2.92. The van der Waals surface area contributed by atoms with Gasteiger partial charge in [0.05, 0.1) is 10.6 Å². The van der Waals surface area contributed by atoms with Gasteiger partial charge in [-0.2, -0.15) is 0 Å². The van der Waals surface area contributed by atoms with Crippen molar-refractivity contribution >= 4 is 56.6 Å². The second-order valence-electron chi connectivity index (χ2n) is 6.72. The van der Waals surface area contributed by atoms with Crippen LogP contribution in [0, 0.1) is 0 Å². The zero-order valence-corrected chi connectivity index (χ0v) is 18.7. The number of carbonyl (C=O) groups excluding carboxylic acids is 1. The van der Waals surface area contributed by atoms with Crippen LogP contribution in [0.15, 0.2) is 71.6 Å². The topological polar surface area (TPSA) is 93.7 Å². The first-order valence-corrected chi connectivity index (χ1v) is 11.5. The van der Waals surface area contributed by atoms with Gasteiger partial charge in [0.25, 0.3) is 10.0 Å². The van der Waals surface area contributed by atoms with E-state index in [-0.39, 0.29) is 23.3 Å². The van der Waals surface area contributed by atoms with Crippen molar-refractivity contribution in [2.24, 2.45) is 0 Å². The minimum Gasteiger partial charge on any atom is -0.454 e. The van der Waals surface area contributed by atoms with Gasteiger partial charge in [-0.25, -0.2) is 8.42 Å².